The molecule has 24 heavy (non-hydrogen) atoms. The van der Waals surface area contributed by atoms with E-state index in [4.69, 9.17) is 0 Å². The number of rotatable bonds is 5. The largest absolute Gasteiger partial charge is 0.321 e. The van der Waals surface area contributed by atoms with Crippen LogP contribution in [0.5, 0.6) is 0 Å². The molecule has 1 N–H and O–H groups in total. The van der Waals surface area contributed by atoms with Gasteiger partial charge in [0.1, 0.15) is 0 Å². The highest BCUT2D eigenvalue weighted by atomic mass is 16.2. The van der Waals surface area contributed by atoms with Gasteiger partial charge in [-0.3, -0.25) is 14.3 Å². The highest BCUT2D eigenvalue weighted by molar-refractivity contribution is 6.04. The Bertz CT molecular complexity index is 809. The van der Waals surface area contributed by atoms with Gasteiger partial charge >= 0.3 is 0 Å². The predicted molar refractivity (Wildman–Crippen MR) is 88.9 cm³/mol. The summed E-state index contributed by atoms with van der Waals surface area (Å²) in [7, 11) is 0. The normalized spacial score (nSPS) is 16.4. The highest BCUT2D eigenvalue weighted by Gasteiger charge is 2.26. The number of hydrogen-bond donors (Lipinski definition) is 1. The third-order valence-corrected chi connectivity index (χ3v) is 4.50. The molecule has 2 heterocycles. The fourth-order valence-corrected chi connectivity index (χ4v) is 3.06. The first kappa shape index (κ1) is 14.9. The number of hydrogen-bond acceptors (Lipinski definition) is 4. The smallest absolute Gasteiger partial charge is 0.277 e. The first-order chi connectivity index (χ1) is 11.6. The van der Waals surface area contributed by atoms with Crippen molar-refractivity contribution >= 4 is 23.2 Å². The van der Waals surface area contributed by atoms with Crippen LogP contribution in [0.4, 0.5) is 11.4 Å². The van der Waals surface area contributed by atoms with Crippen molar-refractivity contribution in [1.82, 2.24) is 15.0 Å². The SMILES string of the molecule is CCN1C(=O)Cc2cc(NC(=O)c3cn(CC4CC4)nn3)ccc21. The minimum atomic E-state index is -0.284. The molecule has 1 aliphatic carbocycles. The summed E-state index contributed by atoms with van der Waals surface area (Å²) in [5, 5.41) is 10.8. The molecule has 0 atom stereocenters. The van der Waals surface area contributed by atoms with Crippen molar-refractivity contribution in [3.05, 3.63) is 35.7 Å². The van der Waals surface area contributed by atoms with E-state index in [0.717, 1.165) is 17.8 Å². The third kappa shape index (κ3) is 2.77. The maximum atomic E-state index is 12.3. The topological polar surface area (TPSA) is 80.1 Å². The van der Waals surface area contributed by atoms with E-state index in [1.54, 1.807) is 15.8 Å². The second kappa shape index (κ2) is 5.74. The second-order valence-electron chi connectivity index (χ2n) is 6.38. The van der Waals surface area contributed by atoms with Crippen molar-refractivity contribution in [2.45, 2.75) is 32.7 Å². The number of nitrogens with one attached hydrogen (secondary N) is 1. The zero-order valence-corrected chi connectivity index (χ0v) is 13.5. The molecule has 1 aromatic carbocycles. The minimum Gasteiger partial charge on any atom is -0.321 e. The van der Waals surface area contributed by atoms with Crippen LogP contribution in [0.15, 0.2) is 24.4 Å². The van der Waals surface area contributed by atoms with E-state index in [9.17, 15) is 9.59 Å². The van der Waals surface area contributed by atoms with Crippen molar-refractivity contribution in [3.8, 4) is 0 Å². The zero-order valence-electron chi connectivity index (χ0n) is 13.5. The van der Waals surface area contributed by atoms with Gasteiger partial charge in [-0.1, -0.05) is 5.21 Å². The highest BCUT2D eigenvalue weighted by Crippen LogP contribution is 2.31. The van der Waals surface area contributed by atoms with Gasteiger partial charge in [-0.05, 0) is 49.4 Å². The quantitative estimate of drug-likeness (QED) is 0.910. The van der Waals surface area contributed by atoms with Gasteiger partial charge in [0.2, 0.25) is 5.91 Å². The van der Waals surface area contributed by atoms with Crippen LogP contribution < -0.4 is 10.2 Å². The van der Waals surface area contributed by atoms with Crippen molar-refractivity contribution in [3.63, 3.8) is 0 Å². The molecule has 7 nitrogen and oxygen atoms in total. The molecule has 0 spiro atoms. The Kier molecular flexibility index (Phi) is 3.55. The Morgan fingerprint density at radius 1 is 1.38 bits per heavy atom. The average molecular weight is 325 g/mol. The Morgan fingerprint density at radius 2 is 2.21 bits per heavy atom. The standard InChI is InChI=1S/C17H19N5O2/c1-2-22-15-6-5-13(7-12(15)8-16(22)23)18-17(24)14-10-21(20-19-14)9-11-3-4-11/h5-7,10-11H,2-4,8-9H2,1H3,(H,18,24). The van der Waals surface area contributed by atoms with E-state index >= 15 is 0 Å². The summed E-state index contributed by atoms with van der Waals surface area (Å²) < 4.78 is 1.73. The number of benzene rings is 1. The molecule has 1 saturated carbocycles. The second-order valence-corrected chi connectivity index (χ2v) is 6.38. The van der Waals surface area contributed by atoms with Crippen LogP contribution in [0.3, 0.4) is 0 Å². The molecular weight excluding hydrogens is 306 g/mol. The number of carbonyl (C=O) groups is 2. The van der Waals surface area contributed by atoms with Crippen LogP contribution in [0.25, 0.3) is 0 Å². The zero-order chi connectivity index (χ0) is 16.7. The maximum absolute atomic E-state index is 12.3. The monoisotopic (exact) mass is 325 g/mol. The molecule has 0 saturated heterocycles. The summed E-state index contributed by atoms with van der Waals surface area (Å²) in [5.41, 5.74) is 2.84. The number of likely N-dealkylation sites (N-methyl/N-ethyl adjacent to an activating group) is 1. The molecule has 1 aromatic heterocycles. The van der Waals surface area contributed by atoms with Gasteiger partial charge in [0, 0.05) is 24.5 Å². The molecule has 7 heteroatoms. The molecule has 2 aliphatic rings. The van der Waals surface area contributed by atoms with E-state index in [1.165, 1.54) is 12.8 Å². The minimum absolute atomic E-state index is 0.0963. The van der Waals surface area contributed by atoms with Crippen LogP contribution in [0, 0.1) is 5.92 Å². The van der Waals surface area contributed by atoms with E-state index < -0.39 is 0 Å². The Hall–Kier alpha value is -2.70. The van der Waals surface area contributed by atoms with Gasteiger partial charge in [-0.25, -0.2) is 0 Å². The van der Waals surface area contributed by atoms with Crippen molar-refractivity contribution in [1.29, 1.82) is 0 Å². The molecule has 1 aliphatic heterocycles. The molecule has 4 rings (SSSR count). The maximum Gasteiger partial charge on any atom is 0.277 e. The van der Waals surface area contributed by atoms with E-state index in [-0.39, 0.29) is 11.8 Å². The Morgan fingerprint density at radius 3 is 2.96 bits per heavy atom. The summed E-state index contributed by atoms with van der Waals surface area (Å²) in [6, 6.07) is 5.55. The molecule has 0 radical (unpaired) electrons. The fourth-order valence-electron chi connectivity index (χ4n) is 3.06. The van der Waals surface area contributed by atoms with Crippen molar-refractivity contribution in [2.24, 2.45) is 5.92 Å². The summed E-state index contributed by atoms with van der Waals surface area (Å²) in [6.45, 7) is 3.43. The lowest BCUT2D eigenvalue weighted by atomic mass is 10.1. The molecule has 0 unspecified atom stereocenters. The van der Waals surface area contributed by atoms with Gasteiger partial charge < -0.3 is 10.2 Å². The van der Waals surface area contributed by atoms with Gasteiger partial charge in [-0.2, -0.15) is 0 Å². The number of aromatic nitrogens is 3. The van der Waals surface area contributed by atoms with Crippen molar-refractivity contribution < 1.29 is 9.59 Å². The van der Waals surface area contributed by atoms with Crippen LogP contribution in [-0.4, -0.2) is 33.4 Å². The lowest BCUT2D eigenvalue weighted by Gasteiger charge is -2.14. The van der Waals surface area contributed by atoms with Gasteiger partial charge in [0.25, 0.3) is 5.91 Å². The number of anilines is 2. The van der Waals surface area contributed by atoms with Crippen LogP contribution in [0.2, 0.25) is 0 Å². The average Bonchev–Trinajstić information content (AvgIpc) is 3.14. The lowest BCUT2D eigenvalue weighted by molar-refractivity contribution is -0.117. The summed E-state index contributed by atoms with van der Waals surface area (Å²) in [4.78, 5) is 26.0. The van der Waals surface area contributed by atoms with Crippen molar-refractivity contribution in [2.75, 3.05) is 16.8 Å². The number of fused-ring (bicyclic) bond motifs is 1. The van der Waals surface area contributed by atoms with Crippen LogP contribution >= 0.6 is 0 Å². The first-order valence-corrected chi connectivity index (χ1v) is 8.29. The molecule has 1 fully saturated rings. The summed E-state index contributed by atoms with van der Waals surface area (Å²) in [5.74, 6) is 0.492. The molecule has 2 amide bonds. The lowest BCUT2D eigenvalue weighted by Crippen LogP contribution is -2.25. The molecule has 2 aromatic rings. The molecule has 0 bridgehead atoms. The number of carbonyl (C=O) groups excluding carboxylic acids is 2. The predicted octanol–water partition coefficient (Wildman–Crippen LogP) is 1.85. The summed E-state index contributed by atoms with van der Waals surface area (Å²) in [6.07, 6.45) is 4.52. The van der Waals surface area contributed by atoms with E-state index in [1.807, 2.05) is 25.1 Å². The number of amides is 2. The summed E-state index contributed by atoms with van der Waals surface area (Å²) >= 11 is 0. The first-order valence-electron chi connectivity index (χ1n) is 8.29. The van der Waals surface area contributed by atoms with Gasteiger partial charge in [0.15, 0.2) is 5.69 Å². The molecular formula is C17H19N5O2. The Balaban J connectivity index is 1.47. The third-order valence-electron chi connectivity index (χ3n) is 4.50. The van der Waals surface area contributed by atoms with Crippen LogP contribution in [-0.2, 0) is 17.8 Å². The number of nitrogens with zero attached hydrogens (tertiary/aromatic N) is 4. The fraction of sp³-hybridized carbons (Fsp3) is 0.412. The Labute approximate surface area is 139 Å². The molecule has 124 valence electrons. The van der Waals surface area contributed by atoms with E-state index in [0.29, 0.717) is 30.3 Å². The van der Waals surface area contributed by atoms with Gasteiger partial charge in [0.05, 0.1) is 12.6 Å². The van der Waals surface area contributed by atoms with Crippen LogP contribution in [0.1, 0.15) is 35.8 Å². The van der Waals surface area contributed by atoms with E-state index in [2.05, 4.69) is 15.6 Å². The van der Waals surface area contributed by atoms with Gasteiger partial charge in [-0.15, -0.1) is 5.10 Å².